The highest BCUT2D eigenvalue weighted by Crippen LogP contribution is 2.26. The molecule has 0 heterocycles. The van der Waals surface area contributed by atoms with Crippen molar-refractivity contribution in [1.82, 2.24) is 0 Å². The van der Waals surface area contributed by atoms with Crippen molar-refractivity contribution in [2.75, 3.05) is 11.9 Å². The summed E-state index contributed by atoms with van der Waals surface area (Å²) in [6.45, 7) is -1.16. The molecular weight excluding hydrogens is 339 g/mol. The zero-order valence-corrected chi connectivity index (χ0v) is 12.7. The summed E-state index contributed by atoms with van der Waals surface area (Å²) in [4.78, 5) is 10.4. The number of nitrogens with zero attached hydrogens (tertiary/aromatic N) is 2. The first-order valence-corrected chi connectivity index (χ1v) is 6.99. The Hall–Kier alpha value is -3.28. The van der Waals surface area contributed by atoms with Gasteiger partial charge in [-0.1, -0.05) is 12.1 Å². The Bertz CT molecular complexity index is 799. The fourth-order valence-corrected chi connectivity index (χ4v) is 1.97. The van der Waals surface area contributed by atoms with Crippen LogP contribution in [0.3, 0.4) is 0 Å². The Morgan fingerprint density at radius 3 is 2.44 bits per heavy atom. The fourth-order valence-electron chi connectivity index (χ4n) is 1.97. The van der Waals surface area contributed by atoms with Gasteiger partial charge < -0.3 is 10.1 Å². The van der Waals surface area contributed by atoms with Crippen molar-refractivity contribution in [3.63, 3.8) is 0 Å². The average Bonchev–Trinajstić information content (AvgIpc) is 2.58. The molecule has 0 radical (unpaired) electrons. The first kappa shape index (κ1) is 18.1. The van der Waals surface area contributed by atoms with Crippen LogP contribution in [0.1, 0.15) is 11.1 Å². The van der Waals surface area contributed by atoms with Crippen molar-refractivity contribution in [3.8, 4) is 11.8 Å². The number of benzene rings is 2. The summed E-state index contributed by atoms with van der Waals surface area (Å²) in [6.07, 6.45) is -4.41. The topological polar surface area (TPSA) is 88.2 Å². The predicted octanol–water partition coefficient (Wildman–Crippen LogP) is 4.02. The second-order valence-electron chi connectivity index (χ2n) is 5.00. The molecule has 0 amide bonds. The summed E-state index contributed by atoms with van der Waals surface area (Å²) >= 11 is 0. The first-order chi connectivity index (χ1) is 11.8. The van der Waals surface area contributed by atoms with E-state index in [0.29, 0.717) is 5.56 Å². The van der Waals surface area contributed by atoms with Crippen molar-refractivity contribution in [1.29, 1.82) is 5.26 Å². The van der Waals surface area contributed by atoms with Gasteiger partial charge in [-0.15, -0.1) is 0 Å². The number of nitrogens with one attached hydrogen (secondary N) is 1. The van der Waals surface area contributed by atoms with Crippen LogP contribution in [0.5, 0.6) is 5.75 Å². The second-order valence-corrected chi connectivity index (χ2v) is 5.00. The lowest BCUT2D eigenvalue weighted by Crippen LogP contribution is -2.19. The Morgan fingerprint density at radius 1 is 1.20 bits per heavy atom. The molecule has 6 nitrogen and oxygen atoms in total. The van der Waals surface area contributed by atoms with E-state index in [1.807, 2.05) is 6.07 Å². The van der Waals surface area contributed by atoms with Crippen LogP contribution in [-0.4, -0.2) is 17.7 Å². The standard InChI is InChI=1S/C16H12F3N3O3/c17-16(18,19)10-25-13-4-1-11(2-5-13)9-21-14-6-3-12(8-20)7-15(14)22(23)24/h1-7,21H,9-10H2. The number of alkyl halides is 3. The molecule has 9 heteroatoms. The molecule has 0 unspecified atom stereocenters. The van der Waals surface area contributed by atoms with E-state index in [2.05, 4.69) is 10.1 Å². The lowest BCUT2D eigenvalue weighted by atomic mass is 10.1. The van der Waals surface area contributed by atoms with Gasteiger partial charge in [0.2, 0.25) is 0 Å². The van der Waals surface area contributed by atoms with Crippen LogP contribution in [0, 0.1) is 21.4 Å². The molecule has 130 valence electrons. The number of rotatable bonds is 6. The minimum Gasteiger partial charge on any atom is -0.484 e. The lowest BCUT2D eigenvalue weighted by molar-refractivity contribution is -0.384. The number of anilines is 1. The monoisotopic (exact) mass is 351 g/mol. The van der Waals surface area contributed by atoms with Gasteiger partial charge >= 0.3 is 6.18 Å². The minimum atomic E-state index is -4.41. The molecule has 2 aromatic rings. The normalized spacial score (nSPS) is 10.8. The molecule has 0 bridgehead atoms. The summed E-state index contributed by atoms with van der Waals surface area (Å²) in [5.74, 6) is 0.0745. The quantitative estimate of drug-likeness (QED) is 0.627. The SMILES string of the molecule is N#Cc1ccc(NCc2ccc(OCC(F)(F)F)cc2)c([N+](=O)[O-])c1. The fraction of sp³-hybridized carbons (Fsp3) is 0.188. The highest BCUT2D eigenvalue weighted by Gasteiger charge is 2.28. The number of hydrogen-bond acceptors (Lipinski definition) is 5. The van der Waals surface area contributed by atoms with Crippen LogP contribution in [0.2, 0.25) is 0 Å². The molecule has 25 heavy (non-hydrogen) atoms. The van der Waals surface area contributed by atoms with Crippen LogP contribution in [0.4, 0.5) is 24.5 Å². The zero-order valence-electron chi connectivity index (χ0n) is 12.7. The lowest BCUT2D eigenvalue weighted by Gasteiger charge is -2.10. The number of hydrogen-bond donors (Lipinski definition) is 1. The van der Waals surface area contributed by atoms with E-state index in [1.54, 1.807) is 12.1 Å². The third-order valence-corrected chi connectivity index (χ3v) is 3.13. The van der Waals surface area contributed by atoms with Gasteiger partial charge in [0.1, 0.15) is 11.4 Å². The van der Waals surface area contributed by atoms with Gasteiger partial charge in [0.25, 0.3) is 5.69 Å². The number of nitriles is 1. The van der Waals surface area contributed by atoms with Gasteiger partial charge in [0.15, 0.2) is 6.61 Å². The van der Waals surface area contributed by atoms with Gasteiger partial charge in [-0.05, 0) is 29.8 Å². The molecule has 0 saturated heterocycles. The van der Waals surface area contributed by atoms with Gasteiger partial charge in [-0.3, -0.25) is 10.1 Å². The molecule has 0 atom stereocenters. The van der Waals surface area contributed by atoms with E-state index in [0.717, 1.165) is 6.07 Å². The van der Waals surface area contributed by atoms with Crippen LogP contribution in [0.15, 0.2) is 42.5 Å². The van der Waals surface area contributed by atoms with Crippen molar-refractivity contribution in [2.45, 2.75) is 12.7 Å². The minimum absolute atomic E-state index is 0.0745. The first-order valence-electron chi connectivity index (χ1n) is 6.99. The van der Waals surface area contributed by atoms with Crippen molar-refractivity contribution >= 4 is 11.4 Å². The Morgan fingerprint density at radius 2 is 1.88 bits per heavy atom. The van der Waals surface area contributed by atoms with Crippen LogP contribution in [0.25, 0.3) is 0 Å². The van der Waals surface area contributed by atoms with Crippen molar-refractivity contribution in [3.05, 3.63) is 63.7 Å². The van der Waals surface area contributed by atoms with Gasteiger partial charge in [0.05, 0.1) is 16.6 Å². The van der Waals surface area contributed by atoms with Gasteiger partial charge in [-0.25, -0.2) is 0 Å². The summed E-state index contributed by atoms with van der Waals surface area (Å²) < 4.78 is 40.8. The molecular formula is C16H12F3N3O3. The third-order valence-electron chi connectivity index (χ3n) is 3.13. The summed E-state index contributed by atoms with van der Waals surface area (Å²) in [5, 5.41) is 22.7. The Balaban J connectivity index is 2.02. The summed E-state index contributed by atoms with van der Waals surface area (Å²) in [6, 6.07) is 11.7. The van der Waals surface area contributed by atoms with E-state index in [-0.39, 0.29) is 29.2 Å². The van der Waals surface area contributed by atoms with Crippen molar-refractivity contribution in [2.24, 2.45) is 0 Å². The molecule has 0 spiro atoms. The molecule has 0 saturated carbocycles. The van der Waals surface area contributed by atoms with Gasteiger partial charge in [-0.2, -0.15) is 18.4 Å². The van der Waals surface area contributed by atoms with Gasteiger partial charge in [0, 0.05) is 12.6 Å². The maximum Gasteiger partial charge on any atom is 0.422 e. The molecule has 0 aliphatic carbocycles. The maximum atomic E-state index is 12.1. The van der Waals surface area contributed by atoms with E-state index in [9.17, 15) is 23.3 Å². The van der Waals surface area contributed by atoms with Crippen LogP contribution < -0.4 is 10.1 Å². The number of nitro benzene ring substituents is 1. The maximum absolute atomic E-state index is 12.1. The number of nitro groups is 1. The van der Waals surface area contributed by atoms with E-state index < -0.39 is 17.7 Å². The molecule has 0 aromatic heterocycles. The predicted molar refractivity (Wildman–Crippen MR) is 83.1 cm³/mol. The molecule has 1 N–H and O–H groups in total. The van der Waals surface area contributed by atoms with Crippen molar-refractivity contribution < 1.29 is 22.8 Å². The molecule has 2 aromatic carbocycles. The number of ether oxygens (including phenoxy) is 1. The van der Waals surface area contributed by atoms with E-state index in [1.165, 1.54) is 24.3 Å². The zero-order chi connectivity index (χ0) is 18.4. The average molecular weight is 351 g/mol. The second kappa shape index (κ2) is 7.53. The molecule has 0 aliphatic heterocycles. The van der Waals surface area contributed by atoms with Crippen LogP contribution in [-0.2, 0) is 6.54 Å². The Labute approximate surface area is 140 Å². The Kier molecular flexibility index (Phi) is 5.44. The molecule has 0 fully saturated rings. The highest BCUT2D eigenvalue weighted by atomic mass is 19.4. The van der Waals surface area contributed by atoms with E-state index in [4.69, 9.17) is 5.26 Å². The third kappa shape index (κ3) is 5.39. The highest BCUT2D eigenvalue weighted by molar-refractivity contribution is 5.64. The smallest absolute Gasteiger partial charge is 0.422 e. The summed E-state index contributed by atoms with van der Waals surface area (Å²) in [7, 11) is 0. The van der Waals surface area contributed by atoms with E-state index >= 15 is 0 Å². The largest absolute Gasteiger partial charge is 0.484 e. The number of halogens is 3. The molecule has 0 aliphatic rings. The molecule has 2 rings (SSSR count). The van der Waals surface area contributed by atoms with Crippen LogP contribution >= 0.6 is 0 Å². The summed E-state index contributed by atoms with van der Waals surface area (Å²) in [5.41, 5.74) is 0.868.